The smallest absolute Gasteiger partial charge is 0.156 e. The van der Waals surface area contributed by atoms with Gasteiger partial charge in [0.25, 0.3) is 0 Å². The molecule has 0 saturated carbocycles. The predicted octanol–water partition coefficient (Wildman–Crippen LogP) is 3.70. The third-order valence-electron chi connectivity index (χ3n) is 2.79. The summed E-state index contributed by atoms with van der Waals surface area (Å²) in [7, 11) is 0. The number of aromatic nitrogens is 2. The van der Waals surface area contributed by atoms with Crippen molar-refractivity contribution in [2.24, 2.45) is 5.92 Å². The summed E-state index contributed by atoms with van der Waals surface area (Å²) in [5.74, 6) is 1.41. The molecule has 0 aliphatic heterocycles. The number of hydrogen-bond acceptors (Lipinski definition) is 3. The Kier molecular flexibility index (Phi) is 4.37. The van der Waals surface area contributed by atoms with E-state index in [9.17, 15) is 0 Å². The zero-order valence-electron chi connectivity index (χ0n) is 10.7. The van der Waals surface area contributed by atoms with E-state index in [0.717, 1.165) is 23.0 Å². The molecule has 1 heterocycles. The van der Waals surface area contributed by atoms with Crippen molar-refractivity contribution in [1.82, 2.24) is 10.2 Å². The highest BCUT2D eigenvalue weighted by atomic mass is 35.5. The minimum Gasteiger partial charge on any atom is -0.367 e. The first-order valence-corrected chi connectivity index (χ1v) is 6.69. The van der Waals surface area contributed by atoms with Gasteiger partial charge >= 0.3 is 0 Å². The average molecular weight is 264 g/mol. The van der Waals surface area contributed by atoms with Crippen molar-refractivity contribution in [1.29, 1.82) is 0 Å². The lowest BCUT2D eigenvalue weighted by Crippen LogP contribution is -2.17. The summed E-state index contributed by atoms with van der Waals surface area (Å²) in [4.78, 5) is 0. The minimum absolute atomic E-state index is 0.116. The van der Waals surface area contributed by atoms with E-state index in [0.29, 0.717) is 12.5 Å². The molecule has 0 amide bonds. The molecule has 1 atom stereocenters. The average Bonchev–Trinajstić information content (AvgIpc) is 2.35. The third kappa shape index (κ3) is 3.33. The molecule has 96 valence electrons. The number of benzene rings is 1. The lowest BCUT2D eigenvalue weighted by molar-refractivity contribution is 0.572. The second-order valence-electron chi connectivity index (χ2n) is 4.89. The van der Waals surface area contributed by atoms with Crippen LogP contribution in [0.5, 0.6) is 0 Å². The minimum atomic E-state index is 0.116. The zero-order valence-corrected chi connectivity index (χ0v) is 11.5. The molecule has 0 bridgehead atoms. The van der Waals surface area contributed by atoms with Gasteiger partial charge in [0, 0.05) is 17.3 Å². The second-order valence-corrected chi connectivity index (χ2v) is 5.51. The van der Waals surface area contributed by atoms with E-state index in [4.69, 9.17) is 11.6 Å². The molecular formula is C14H18ClN3. The molecule has 18 heavy (non-hydrogen) atoms. The van der Waals surface area contributed by atoms with Crippen LogP contribution in [-0.2, 0) is 0 Å². The van der Waals surface area contributed by atoms with Crippen LogP contribution >= 0.6 is 11.6 Å². The highest BCUT2D eigenvalue weighted by molar-refractivity contribution is 6.20. The van der Waals surface area contributed by atoms with E-state index in [1.807, 2.05) is 24.3 Å². The first-order valence-electron chi connectivity index (χ1n) is 6.25. The van der Waals surface area contributed by atoms with Crippen molar-refractivity contribution >= 4 is 28.2 Å². The fourth-order valence-corrected chi connectivity index (χ4v) is 2.39. The molecule has 0 aliphatic rings. The number of halogens is 1. The van der Waals surface area contributed by atoms with Gasteiger partial charge in [-0.25, -0.2) is 0 Å². The molecule has 2 rings (SSSR count). The van der Waals surface area contributed by atoms with Gasteiger partial charge in [0.1, 0.15) is 0 Å². The largest absolute Gasteiger partial charge is 0.367 e. The molecule has 0 saturated heterocycles. The topological polar surface area (TPSA) is 37.8 Å². The van der Waals surface area contributed by atoms with Crippen molar-refractivity contribution < 1.29 is 0 Å². The summed E-state index contributed by atoms with van der Waals surface area (Å²) in [5, 5.41) is 13.7. The summed E-state index contributed by atoms with van der Waals surface area (Å²) in [5.41, 5.74) is 0. The monoisotopic (exact) mass is 263 g/mol. The number of anilines is 1. The molecule has 1 aromatic carbocycles. The standard InChI is InChI=1S/C14H18ClN3/c1-10(2)7-12(15)9-16-14-13-6-4-3-5-11(13)8-17-18-14/h3-6,8,10,12H,7,9H2,1-2H3,(H,16,18). The van der Waals surface area contributed by atoms with Gasteiger partial charge in [-0.3, -0.25) is 0 Å². The van der Waals surface area contributed by atoms with E-state index < -0.39 is 0 Å². The number of alkyl halides is 1. The van der Waals surface area contributed by atoms with Gasteiger partial charge in [-0.1, -0.05) is 38.1 Å². The van der Waals surface area contributed by atoms with Crippen LogP contribution in [0.15, 0.2) is 30.5 Å². The van der Waals surface area contributed by atoms with Gasteiger partial charge < -0.3 is 5.32 Å². The fourth-order valence-electron chi connectivity index (χ4n) is 1.96. The Morgan fingerprint density at radius 3 is 2.83 bits per heavy atom. The molecule has 0 radical (unpaired) electrons. The maximum atomic E-state index is 6.27. The van der Waals surface area contributed by atoms with Gasteiger partial charge in [0.05, 0.1) is 11.6 Å². The number of rotatable bonds is 5. The molecule has 3 nitrogen and oxygen atoms in total. The Morgan fingerprint density at radius 2 is 2.06 bits per heavy atom. The van der Waals surface area contributed by atoms with Crippen LogP contribution in [0.4, 0.5) is 5.82 Å². The van der Waals surface area contributed by atoms with Crippen molar-refractivity contribution in [3.05, 3.63) is 30.5 Å². The van der Waals surface area contributed by atoms with Crippen molar-refractivity contribution in [2.75, 3.05) is 11.9 Å². The van der Waals surface area contributed by atoms with Crippen LogP contribution in [0.2, 0.25) is 0 Å². The lowest BCUT2D eigenvalue weighted by Gasteiger charge is -2.13. The Labute approximate surface area is 113 Å². The van der Waals surface area contributed by atoms with Crippen LogP contribution in [0.25, 0.3) is 10.8 Å². The zero-order chi connectivity index (χ0) is 13.0. The summed E-state index contributed by atoms with van der Waals surface area (Å²) >= 11 is 6.27. The van der Waals surface area contributed by atoms with Crippen molar-refractivity contribution in [3.63, 3.8) is 0 Å². The molecular weight excluding hydrogens is 246 g/mol. The van der Waals surface area contributed by atoms with Crippen LogP contribution in [0.3, 0.4) is 0 Å². The normalized spacial score (nSPS) is 12.9. The molecule has 2 aromatic rings. The van der Waals surface area contributed by atoms with E-state index in [-0.39, 0.29) is 5.38 Å². The van der Waals surface area contributed by atoms with Crippen LogP contribution in [-0.4, -0.2) is 22.1 Å². The second kappa shape index (κ2) is 6.01. The first-order chi connectivity index (χ1) is 8.66. The quantitative estimate of drug-likeness (QED) is 0.836. The van der Waals surface area contributed by atoms with Crippen LogP contribution in [0, 0.1) is 5.92 Å². The summed E-state index contributed by atoms with van der Waals surface area (Å²) in [6.45, 7) is 5.06. The number of fused-ring (bicyclic) bond motifs is 1. The SMILES string of the molecule is CC(C)CC(Cl)CNc1nncc2ccccc12. The molecule has 1 aromatic heterocycles. The van der Waals surface area contributed by atoms with Crippen molar-refractivity contribution in [2.45, 2.75) is 25.6 Å². The Hall–Kier alpha value is -1.35. The maximum Gasteiger partial charge on any atom is 0.156 e. The van der Waals surface area contributed by atoms with Gasteiger partial charge in [0.15, 0.2) is 5.82 Å². The van der Waals surface area contributed by atoms with Gasteiger partial charge in [-0.15, -0.1) is 16.7 Å². The summed E-state index contributed by atoms with van der Waals surface area (Å²) < 4.78 is 0. The van der Waals surface area contributed by atoms with E-state index in [2.05, 4.69) is 29.4 Å². The summed E-state index contributed by atoms with van der Waals surface area (Å²) in [6, 6.07) is 8.07. The molecule has 0 fully saturated rings. The van der Waals surface area contributed by atoms with Gasteiger partial charge in [0.2, 0.25) is 0 Å². The molecule has 0 aliphatic carbocycles. The Balaban J connectivity index is 2.08. The van der Waals surface area contributed by atoms with Crippen molar-refractivity contribution in [3.8, 4) is 0 Å². The van der Waals surface area contributed by atoms with Gasteiger partial charge in [-0.2, -0.15) is 5.10 Å². The third-order valence-corrected chi connectivity index (χ3v) is 3.12. The predicted molar refractivity (Wildman–Crippen MR) is 77.1 cm³/mol. The van der Waals surface area contributed by atoms with Crippen LogP contribution in [0.1, 0.15) is 20.3 Å². The fraction of sp³-hybridized carbons (Fsp3) is 0.429. The number of nitrogens with one attached hydrogen (secondary N) is 1. The Bertz CT molecular complexity index is 508. The van der Waals surface area contributed by atoms with E-state index >= 15 is 0 Å². The summed E-state index contributed by atoms with van der Waals surface area (Å²) in [6.07, 6.45) is 2.76. The van der Waals surface area contributed by atoms with Gasteiger partial charge in [-0.05, 0) is 12.3 Å². The molecule has 1 unspecified atom stereocenters. The molecule has 1 N–H and O–H groups in total. The highest BCUT2D eigenvalue weighted by Gasteiger charge is 2.09. The number of nitrogens with zero attached hydrogens (tertiary/aromatic N) is 2. The first kappa shape index (κ1) is 13.1. The lowest BCUT2D eigenvalue weighted by atomic mass is 10.1. The molecule has 4 heteroatoms. The van der Waals surface area contributed by atoms with Crippen LogP contribution < -0.4 is 5.32 Å². The maximum absolute atomic E-state index is 6.27. The van der Waals surface area contributed by atoms with E-state index in [1.54, 1.807) is 6.20 Å². The Morgan fingerprint density at radius 1 is 1.28 bits per heavy atom. The molecule has 0 spiro atoms. The highest BCUT2D eigenvalue weighted by Crippen LogP contribution is 2.20. The van der Waals surface area contributed by atoms with E-state index in [1.165, 1.54) is 0 Å². The number of hydrogen-bond donors (Lipinski definition) is 1.